The Labute approximate surface area is 83.7 Å². The summed E-state index contributed by atoms with van der Waals surface area (Å²) >= 11 is 0. The van der Waals surface area contributed by atoms with Gasteiger partial charge in [0, 0.05) is 19.5 Å². The first-order valence-electron chi connectivity index (χ1n) is 4.99. The third-order valence-corrected chi connectivity index (χ3v) is 2.98. The second-order valence-electron chi connectivity index (χ2n) is 3.99. The minimum atomic E-state index is 0.237. The Morgan fingerprint density at radius 1 is 1.36 bits per heavy atom. The summed E-state index contributed by atoms with van der Waals surface area (Å²) in [6.45, 7) is 0.996. The van der Waals surface area contributed by atoms with Gasteiger partial charge in [-0.05, 0) is 11.1 Å². The van der Waals surface area contributed by atoms with Crippen molar-refractivity contribution in [2.24, 2.45) is 5.92 Å². The van der Waals surface area contributed by atoms with Crippen LogP contribution < -0.4 is 0 Å². The predicted octanol–water partition coefficient (Wildman–Crippen LogP) is 2.25. The second-order valence-corrected chi connectivity index (χ2v) is 3.99. The molecule has 1 aromatic carbocycles. The summed E-state index contributed by atoms with van der Waals surface area (Å²) in [5.74, 6) is 0.523. The van der Waals surface area contributed by atoms with Gasteiger partial charge in [0.05, 0.1) is 0 Å². The van der Waals surface area contributed by atoms with Gasteiger partial charge in [-0.3, -0.25) is 4.84 Å². The largest absolute Gasteiger partial charge is 0.290 e. The van der Waals surface area contributed by atoms with Crippen molar-refractivity contribution in [1.82, 2.24) is 5.06 Å². The van der Waals surface area contributed by atoms with E-state index < -0.39 is 0 Å². The van der Waals surface area contributed by atoms with E-state index in [1.165, 1.54) is 11.1 Å². The SMILES string of the molecule is CN1CC2C=Cc3ccccc3C2O1. The van der Waals surface area contributed by atoms with Crippen LogP contribution in [0.15, 0.2) is 30.3 Å². The van der Waals surface area contributed by atoms with E-state index in [4.69, 9.17) is 4.84 Å². The first-order chi connectivity index (χ1) is 6.84. The van der Waals surface area contributed by atoms with Gasteiger partial charge in [-0.2, -0.15) is 5.06 Å². The van der Waals surface area contributed by atoms with Crippen molar-refractivity contribution in [3.63, 3.8) is 0 Å². The van der Waals surface area contributed by atoms with Crippen LogP contribution in [0.4, 0.5) is 0 Å². The molecule has 1 heterocycles. The smallest absolute Gasteiger partial charge is 0.112 e. The van der Waals surface area contributed by atoms with Gasteiger partial charge >= 0.3 is 0 Å². The van der Waals surface area contributed by atoms with E-state index in [0.29, 0.717) is 5.92 Å². The molecule has 14 heavy (non-hydrogen) atoms. The van der Waals surface area contributed by atoms with Gasteiger partial charge in [-0.15, -0.1) is 0 Å². The van der Waals surface area contributed by atoms with Crippen molar-refractivity contribution in [1.29, 1.82) is 0 Å². The van der Waals surface area contributed by atoms with Crippen molar-refractivity contribution < 1.29 is 4.84 Å². The molecule has 1 aliphatic heterocycles. The summed E-state index contributed by atoms with van der Waals surface area (Å²) < 4.78 is 0. The molecule has 0 radical (unpaired) electrons. The molecule has 0 spiro atoms. The van der Waals surface area contributed by atoms with Crippen LogP contribution in [0.1, 0.15) is 17.2 Å². The number of hydrogen-bond donors (Lipinski definition) is 0. The number of nitrogens with zero attached hydrogens (tertiary/aromatic N) is 1. The van der Waals surface area contributed by atoms with E-state index in [9.17, 15) is 0 Å². The highest BCUT2D eigenvalue weighted by molar-refractivity contribution is 5.58. The van der Waals surface area contributed by atoms with Gasteiger partial charge in [0.15, 0.2) is 0 Å². The van der Waals surface area contributed by atoms with Gasteiger partial charge in [-0.25, -0.2) is 0 Å². The minimum Gasteiger partial charge on any atom is -0.290 e. The van der Waals surface area contributed by atoms with E-state index in [-0.39, 0.29) is 6.10 Å². The van der Waals surface area contributed by atoms with E-state index in [1.807, 2.05) is 12.1 Å². The molecule has 0 aromatic heterocycles. The van der Waals surface area contributed by atoms with Crippen LogP contribution in [-0.2, 0) is 4.84 Å². The fraction of sp³-hybridized carbons (Fsp3) is 0.333. The average molecular weight is 187 g/mol. The Bertz CT molecular complexity index is 386. The van der Waals surface area contributed by atoms with Crippen molar-refractivity contribution in [2.45, 2.75) is 6.10 Å². The molecule has 3 rings (SSSR count). The third-order valence-electron chi connectivity index (χ3n) is 2.98. The predicted molar refractivity (Wildman–Crippen MR) is 55.4 cm³/mol. The van der Waals surface area contributed by atoms with Gasteiger partial charge in [0.25, 0.3) is 0 Å². The fourth-order valence-corrected chi connectivity index (χ4v) is 2.31. The van der Waals surface area contributed by atoms with E-state index in [0.717, 1.165) is 6.54 Å². The molecular formula is C12H13NO. The first kappa shape index (κ1) is 8.21. The Balaban J connectivity index is 2.07. The summed E-state index contributed by atoms with van der Waals surface area (Å²) in [5, 5.41) is 1.93. The van der Waals surface area contributed by atoms with Crippen LogP contribution in [0.2, 0.25) is 0 Å². The monoisotopic (exact) mass is 187 g/mol. The standard InChI is InChI=1S/C12H13NO/c1-13-8-10-7-6-9-4-2-3-5-11(9)12(10)14-13/h2-7,10,12H,8H2,1H3. The molecule has 0 N–H and O–H groups in total. The van der Waals surface area contributed by atoms with Crippen molar-refractivity contribution in [3.8, 4) is 0 Å². The minimum absolute atomic E-state index is 0.237. The molecule has 2 atom stereocenters. The zero-order chi connectivity index (χ0) is 9.54. The van der Waals surface area contributed by atoms with Gasteiger partial charge in [0.2, 0.25) is 0 Å². The van der Waals surface area contributed by atoms with E-state index in [2.05, 4.69) is 36.4 Å². The molecule has 0 bridgehead atoms. The van der Waals surface area contributed by atoms with E-state index >= 15 is 0 Å². The summed E-state index contributed by atoms with van der Waals surface area (Å²) in [5.41, 5.74) is 2.62. The Kier molecular flexibility index (Phi) is 1.72. The van der Waals surface area contributed by atoms with Crippen LogP contribution in [0.3, 0.4) is 0 Å². The molecule has 1 fully saturated rings. The molecule has 1 aromatic rings. The molecule has 1 aliphatic carbocycles. The molecule has 2 nitrogen and oxygen atoms in total. The van der Waals surface area contributed by atoms with Crippen molar-refractivity contribution >= 4 is 6.08 Å². The maximum absolute atomic E-state index is 5.77. The summed E-state index contributed by atoms with van der Waals surface area (Å²) in [7, 11) is 1.99. The lowest BCUT2D eigenvalue weighted by atomic mass is 9.87. The van der Waals surface area contributed by atoms with Gasteiger partial charge < -0.3 is 0 Å². The van der Waals surface area contributed by atoms with Crippen LogP contribution in [0.25, 0.3) is 6.08 Å². The highest BCUT2D eigenvalue weighted by Crippen LogP contribution is 2.39. The molecule has 1 saturated heterocycles. The lowest BCUT2D eigenvalue weighted by Crippen LogP contribution is -2.12. The molecule has 2 unspecified atom stereocenters. The Morgan fingerprint density at radius 2 is 2.21 bits per heavy atom. The normalized spacial score (nSPS) is 30.1. The first-order valence-corrected chi connectivity index (χ1v) is 4.99. The molecule has 0 amide bonds. The van der Waals surface area contributed by atoms with Gasteiger partial charge in [-0.1, -0.05) is 36.4 Å². The molecule has 72 valence electrons. The topological polar surface area (TPSA) is 12.5 Å². The van der Waals surface area contributed by atoms with Crippen LogP contribution in [0.5, 0.6) is 0 Å². The third kappa shape index (κ3) is 1.11. The van der Waals surface area contributed by atoms with E-state index in [1.54, 1.807) is 0 Å². The van der Waals surface area contributed by atoms with Gasteiger partial charge in [0.1, 0.15) is 6.10 Å². The quantitative estimate of drug-likeness (QED) is 0.617. The van der Waals surface area contributed by atoms with Crippen molar-refractivity contribution in [2.75, 3.05) is 13.6 Å². The molecule has 2 heteroatoms. The highest BCUT2D eigenvalue weighted by Gasteiger charge is 2.34. The molecule has 2 aliphatic rings. The van der Waals surface area contributed by atoms with Crippen LogP contribution in [0, 0.1) is 5.92 Å². The number of hydrogen-bond acceptors (Lipinski definition) is 2. The number of hydroxylamine groups is 2. The van der Waals surface area contributed by atoms with Crippen LogP contribution in [-0.4, -0.2) is 18.7 Å². The second kappa shape index (κ2) is 2.94. The fourth-order valence-electron chi connectivity index (χ4n) is 2.31. The maximum Gasteiger partial charge on any atom is 0.112 e. The zero-order valence-corrected chi connectivity index (χ0v) is 8.18. The zero-order valence-electron chi connectivity index (χ0n) is 8.18. The lowest BCUT2D eigenvalue weighted by Gasteiger charge is -2.20. The summed E-state index contributed by atoms with van der Waals surface area (Å²) in [4.78, 5) is 5.77. The Hall–Kier alpha value is -1.12. The number of fused-ring (bicyclic) bond motifs is 3. The summed E-state index contributed by atoms with van der Waals surface area (Å²) in [6, 6.07) is 8.46. The number of rotatable bonds is 0. The number of benzene rings is 1. The highest BCUT2D eigenvalue weighted by atomic mass is 16.7. The van der Waals surface area contributed by atoms with Crippen molar-refractivity contribution in [3.05, 3.63) is 41.5 Å². The lowest BCUT2D eigenvalue weighted by molar-refractivity contribution is -0.129. The molecule has 0 saturated carbocycles. The maximum atomic E-state index is 5.77. The summed E-state index contributed by atoms with van der Waals surface area (Å²) in [6.07, 6.45) is 4.70. The Morgan fingerprint density at radius 3 is 3.14 bits per heavy atom. The van der Waals surface area contributed by atoms with Crippen LogP contribution >= 0.6 is 0 Å². The average Bonchev–Trinajstić information content (AvgIpc) is 2.59. The molecular weight excluding hydrogens is 174 g/mol.